The highest BCUT2D eigenvalue weighted by Crippen LogP contribution is 2.39. The number of rotatable bonds is 8. The van der Waals surface area contributed by atoms with Gasteiger partial charge < -0.3 is 19.3 Å². The van der Waals surface area contributed by atoms with E-state index in [1.165, 1.54) is 12.1 Å². The number of aryl methyl sites for hydroxylation is 1. The summed E-state index contributed by atoms with van der Waals surface area (Å²) in [6.07, 6.45) is -2.90. The molecule has 0 radical (unpaired) electrons. The van der Waals surface area contributed by atoms with Gasteiger partial charge in [-0.15, -0.1) is 0 Å². The Labute approximate surface area is 204 Å². The molecule has 0 saturated carbocycles. The summed E-state index contributed by atoms with van der Waals surface area (Å²) in [6, 6.07) is 8.66. The van der Waals surface area contributed by atoms with Gasteiger partial charge in [-0.1, -0.05) is 34.4 Å². The van der Waals surface area contributed by atoms with Crippen molar-refractivity contribution in [3.05, 3.63) is 63.5 Å². The molecule has 182 valence electrons. The van der Waals surface area contributed by atoms with Crippen LogP contribution in [0.5, 0.6) is 5.75 Å². The number of aromatic nitrogens is 2. The van der Waals surface area contributed by atoms with Crippen molar-refractivity contribution in [3.8, 4) is 17.1 Å². The molecule has 2 aromatic carbocycles. The molecule has 0 aliphatic carbocycles. The predicted octanol–water partition coefficient (Wildman–Crippen LogP) is 6.12. The molecule has 1 fully saturated rings. The van der Waals surface area contributed by atoms with Crippen LogP contribution >= 0.6 is 23.2 Å². The van der Waals surface area contributed by atoms with Crippen molar-refractivity contribution < 1.29 is 27.2 Å². The maximum absolute atomic E-state index is 13.8. The normalized spacial score (nSPS) is 18.4. The molecule has 1 aliphatic rings. The molecule has 2 atom stereocenters. The number of hydrogen-bond donors (Lipinski definition) is 1. The molecule has 0 amide bonds. The zero-order chi connectivity index (χ0) is 24.3. The molecule has 0 bridgehead atoms. The minimum Gasteiger partial charge on any atom is -0.493 e. The topological polar surface area (TPSA) is 69.4 Å². The van der Waals surface area contributed by atoms with E-state index >= 15 is 0 Å². The van der Waals surface area contributed by atoms with E-state index in [2.05, 4.69) is 15.5 Å². The van der Waals surface area contributed by atoms with E-state index in [1.54, 1.807) is 19.2 Å². The third-order valence-electron chi connectivity index (χ3n) is 5.57. The minimum atomic E-state index is -4.62. The van der Waals surface area contributed by atoms with Gasteiger partial charge in [-0.2, -0.15) is 18.2 Å². The lowest BCUT2D eigenvalue weighted by Crippen LogP contribution is -2.22. The van der Waals surface area contributed by atoms with Crippen molar-refractivity contribution in [2.75, 3.05) is 20.3 Å². The van der Waals surface area contributed by atoms with E-state index in [-0.39, 0.29) is 41.8 Å². The Bertz CT molecular complexity index is 1140. The Morgan fingerprint density at radius 1 is 1.15 bits per heavy atom. The van der Waals surface area contributed by atoms with Gasteiger partial charge in [0.25, 0.3) is 0 Å². The summed E-state index contributed by atoms with van der Waals surface area (Å²) in [5.74, 6) is 0.0803. The van der Waals surface area contributed by atoms with Crippen LogP contribution in [0.2, 0.25) is 10.0 Å². The van der Waals surface area contributed by atoms with Gasteiger partial charge in [-0.3, -0.25) is 0 Å². The SMILES string of the molecule is CO[C@H]1CCN[C@@H]1c1nc(-c2ccc(OCCCc3ccc(Cl)c(Cl)c3)c(C(F)(F)F)c2)no1. The lowest BCUT2D eigenvalue weighted by Gasteiger charge is -2.15. The number of alkyl halides is 3. The van der Waals surface area contributed by atoms with Crippen LogP contribution < -0.4 is 10.1 Å². The molecule has 6 nitrogen and oxygen atoms in total. The molecule has 0 unspecified atom stereocenters. The van der Waals surface area contributed by atoms with E-state index in [0.717, 1.165) is 24.6 Å². The average Bonchev–Trinajstić information content (AvgIpc) is 3.47. The fraction of sp³-hybridized carbons (Fsp3) is 0.391. The summed E-state index contributed by atoms with van der Waals surface area (Å²) in [5, 5.41) is 7.94. The van der Waals surface area contributed by atoms with Crippen molar-refractivity contribution >= 4 is 23.2 Å². The maximum Gasteiger partial charge on any atom is 0.419 e. The summed E-state index contributed by atoms with van der Waals surface area (Å²) in [7, 11) is 1.58. The summed E-state index contributed by atoms with van der Waals surface area (Å²) in [5.41, 5.74) is 0.196. The van der Waals surface area contributed by atoms with E-state index < -0.39 is 11.7 Å². The first-order valence-corrected chi connectivity index (χ1v) is 11.4. The highest BCUT2D eigenvalue weighted by Gasteiger charge is 2.36. The Morgan fingerprint density at radius 2 is 1.97 bits per heavy atom. The quantitative estimate of drug-likeness (QED) is 0.364. The van der Waals surface area contributed by atoms with Crippen LogP contribution in [0.3, 0.4) is 0 Å². The summed E-state index contributed by atoms with van der Waals surface area (Å²) >= 11 is 11.9. The summed E-state index contributed by atoms with van der Waals surface area (Å²) in [4.78, 5) is 4.29. The fourth-order valence-electron chi connectivity index (χ4n) is 3.83. The predicted molar refractivity (Wildman–Crippen MR) is 121 cm³/mol. The highest BCUT2D eigenvalue weighted by molar-refractivity contribution is 6.42. The first kappa shape index (κ1) is 24.8. The minimum absolute atomic E-state index is 0.0650. The van der Waals surface area contributed by atoms with Crippen molar-refractivity contribution in [1.29, 1.82) is 0 Å². The Hall–Kier alpha value is -2.33. The van der Waals surface area contributed by atoms with Crippen LogP contribution in [0.1, 0.15) is 35.9 Å². The van der Waals surface area contributed by atoms with Crippen molar-refractivity contribution in [2.24, 2.45) is 0 Å². The Balaban J connectivity index is 1.46. The van der Waals surface area contributed by atoms with Gasteiger partial charge in [0, 0.05) is 12.7 Å². The maximum atomic E-state index is 13.8. The number of halogens is 5. The fourth-order valence-corrected chi connectivity index (χ4v) is 4.15. The zero-order valence-corrected chi connectivity index (χ0v) is 19.7. The number of nitrogens with zero attached hydrogens (tertiary/aromatic N) is 2. The number of hydrogen-bond acceptors (Lipinski definition) is 6. The second-order valence-corrected chi connectivity index (χ2v) is 8.67. The first-order valence-electron chi connectivity index (χ1n) is 10.6. The molecule has 1 saturated heterocycles. The van der Waals surface area contributed by atoms with Crippen LogP contribution in [-0.2, 0) is 17.3 Å². The van der Waals surface area contributed by atoms with E-state index in [0.29, 0.717) is 22.9 Å². The largest absolute Gasteiger partial charge is 0.493 e. The second-order valence-electron chi connectivity index (χ2n) is 7.86. The standard InChI is InChI=1S/C23H22Cl2F3N3O3/c1-32-19-8-9-29-20(19)22-30-21(31-34-22)14-5-7-18(15(12-14)23(26,27)28)33-10-2-3-13-4-6-16(24)17(25)11-13/h4-7,11-12,19-20,29H,2-3,8-10H2,1H3/t19-,20-/m0/s1. The number of ether oxygens (including phenoxy) is 2. The molecular weight excluding hydrogens is 494 g/mol. The Morgan fingerprint density at radius 3 is 2.71 bits per heavy atom. The van der Waals surface area contributed by atoms with Crippen molar-refractivity contribution in [1.82, 2.24) is 15.5 Å². The second kappa shape index (κ2) is 10.5. The molecule has 0 spiro atoms. The monoisotopic (exact) mass is 515 g/mol. The van der Waals surface area contributed by atoms with Crippen LogP contribution in [0, 0.1) is 0 Å². The molecule has 34 heavy (non-hydrogen) atoms. The van der Waals surface area contributed by atoms with Gasteiger partial charge in [0.2, 0.25) is 11.7 Å². The first-order chi connectivity index (χ1) is 16.3. The highest BCUT2D eigenvalue weighted by atomic mass is 35.5. The molecule has 1 aromatic heterocycles. The molecule has 1 N–H and O–H groups in total. The summed E-state index contributed by atoms with van der Waals surface area (Å²) < 4.78 is 57.4. The van der Waals surface area contributed by atoms with E-state index in [9.17, 15) is 13.2 Å². The third-order valence-corrected chi connectivity index (χ3v) is 6.31. The van der Waals surface area contributed by atoms with Crippen LogP contribution in [0.25, 0.3) is 11.4 Å². The van der Waals surface area contributed by atoms with Gasteiger partial charge in [0.1, 0.15) is 11.8 Å². The van der Waals surface area contributed by atoms with Gasteiger partial charge >= 0.3 is 6.18 Å². The van der Waals surface area contributed by atoms with Crippen molar-refractivity contribution in [2.45, 2.75) is 37.6 Å². The number of nitrogens with one attached hydrogen (secondary N) is 1. The van der Waals surface area contributed by atoms with Crippen LogP contribution in [0.4, 0.5) is 13.2 Å². The van der Waals surface area contributed by atoms with Gasteiger partial charge in [-0.05, 0) is 61.7 Å². The lowest BCUT2D eigenvalue weighted by atomic mass is 10.1. The molecule has 2 heterocycles. The van der Waals surface area contributed by atoms with Crippen LogP contribution in [-0.4, -0.2) is 36.5 Å². The molecular formula is C23H22Cl2F3N3O3. The van der Waals surface area contributed by atoms with Gasteiger partial charge in [0.05, 0.1) is 28.3 Å². The Kier molecular flexibility index (Phi) is 7.67. The zero-order valence-electron chi connectivity index (χ0n) is 18.2. The lowest BCUT2D eigenvalue weighted by molar-refractivity contribution is -0.138. The van der Waals surface area contributed by atoms with E-state index in [1.807, 2.05) is 6.07 Å². The third kappa shape index (κ3) is 5.66. The average molecular weight is 516 g/mol. The number of benzene rings is 2. The van der Waals surface area contributed by atoms with Gasteiger partial charge in [0.15, 0.2) is 0 Å². The molecule has 11 heteroatoms. The summed E-state index contributed by atoms with van der Waals surface area (Å²) in [6.45, 7) is 0.816. The number of methoxy groups -OCH3 is 1. The van der Waals surface area contributed by atoms with Crippen LogP contribution in [0.15, 0.2) is 40.9 Å². The molecule has 4 rings (SSSR count). The molecule has 3 aromatic rings. The smallest absolute Gasteiger partial charge is 0.419 e. The van der Waals surface area contributed by atoms with E-state index in [4.69, 9.17) is 37.2 Å². The van der Waals surface area contributed by atoms with Gasteiger partial charge in [-0.25, -0.2) is 0 Å². The van der Waals surface area contributed by atoms with Crippen molar-refractivity contribution in [3.63, 3.8) is 0 Å². The molecule has 1 aliphatic heterocycles.